The molecule has 0 saturated heterocycles. The maximum Gasteiger partial charge on any atom is 0.299 e. The van der Waals surface area contributed by atoms with E-state index >= 15 is 0 Å². The van der Waals surface area contributed by atoms with Gasteiger partial charge >= 0.3 is 0 Å². The quantitative estimate of drug-likeness (QED) is 0.826. The molecule has 18 heavy (non-hydrogen) atoms. The molecule has 6 heteroatoms. The number of fused-ring (bicyclic) bond motifs is 1. The van der Waals surface area contributed by atoms with Gasteiger partial charge in [-0.25, -0.2) is 10.4 Å². The Hall–Kier alpha value is -1.82. The molecule has 0 fully saturated rings. The molecule has 0 unspecified atom stereocenters. The van der Waals surface area contributed by atoms with Crippen molar-refractivity contribution in [3.05, 3.63) is 29.1 Å². The lowest BCUT2D eigenvalue weighted by Crippen LogP contribution is -2.24. The molecule has 0 bridgehead atoms. The zero-order valence-corrected chi connectivity index (χ0v) is 10.9. The number of H-pyrrole nitrogens is 1. The van der Waals surface area contributed by atoms with Crippen molar-refractivity contribution < 1.29 is 4.79 Å². The number of hydrogen-bond acceptors (Lipinski definition) is 4. The Bertz CT molecular complexity index is 635. The Kier molecular flexibility index (Phi) is 2.59. The number of hydrogen-bond donors (Lipinski definition) is 2. The highest BCUT2D eigenvalue weighted by atomic mass is 32.2. The van der Waals surface area contributed by atoms with Crippen LogP contribution in [0.3, 0.4) is 0 Å². The van der Waals surface area contributed by atoms with Crippen molar-refractivity contribution in [1.82, 2.24) is 15.4 Å². The lowest BCUT2D eigenvalue weighted by Gasteiger charge is -2.08. The highest BCUT2D eigenvalue weighted by Gasteiger charge is 2.17. The third kappa shape index (κ3) is 1.88. The normalized spacial score (nSPS) is 15.7. The summed E-state index contributed by atoms with van der Waals surface area (Å²) in [4.78, 5) is 18.8. The Morgan fingerprint density at radius 2 is 2.06 bits per heavy atom. The lowest BCUT2D eigenvalue weighted by molar-refractivity contribution is 0.261. The van der Waals surface area contributed by atoms with Crippen LogP contribution < -0.4 is 5.43 Å². The molecule has 1 amide bonds. The smallest absolute Gasteiger partial charge is 0.299 e. The molecule has 0 saturated carbocycles. The molecule has 2 heterocycles. The molecule has 1 aliphatic heterocycles. The summed E-state index contributed by atoms with van der Waals surface area (Å²) in [6, 6.07) is 4.13. The number of amides is 1. The second-order valence-electron chi connectivity index (χ2n) is 4.29. The average Bonchev–Trinajstić information content (AvgIpc) is 2.73. The first-order valence-corrected chi connectivity index (χ1v) is 6.59. The SMILES string of the molecule is Cc1cc2nc(C3=NNC(=O)SC3)[nH]c2cc1C. The molecular formula is C12H12N4OS. The molecule has 3 rings (SSSR count). The molecule has 1 aromatic carbocycles. The zero-order valence-electron chi connectivity index (χ0n) is 10.1. The number of carbonyl (C=O) groups is 1. The number of benzene rings is 1. The molecule has 5 nitrogen and oxygen atoms in total. The monoisotopic (exact) mass is 260 g/mol. The summed E-state index contributed by atoms with van der Waals surface area (Å²) in [5, 5.41) is 3.90. The topological polar surface area (TPSA) is 70.1 Å². The minimum atomic E-state index is -0.124. The predicted molar refractivity (Wildman–Crippen MR) is 73.1 cm³/mol. The minimum Gasteiger partial charge on any atom is -0.337 e. The van der Waals surface area contributed by atoms with Crippen LogP contribution in [-0.2, 0) is 0 Å². The summed E-state index contributed by atoms with van der Waals surface area (Å²) in [7, 11) is 0. The van der Waals surface area contributed by atoms with Crippen LogP contribution in [0.4, 0.5) is 4.79 Å². The zero-order chi connectivity index (χ0) is 12.7. The van der Waals surface area contributed by atoms with Crippen LogP contribution in [0.1, 0.15) is 17.0 Å². The van der Waals surface area contributed by atoms with Crippen molar-refractivity contribution in [3.63, 3.8) is 0 Å². The summed E-state index contributed by atoms with van der Waals surface area (Å²) in [5.41, 5.74) is 7.59. The van der Waals surface area contributed by atoms with Gasteiger partial charge in [-0.1, -0.05) is 11.8 Å². The van der Waals surface area contributed by atoms with E-state index in [4.69, 9.17) is 0 Å². The van der Waals surface area contributed by atoms with E-state index in [1.54, 1.807) is 0 Å². The number of hydrazone groups is 1. The van der Waals surface area contributed by atoms with Gasteiger partial charge in [0.1, 0.15) is 5.71 Å². The highest BCUT2D eigenvalue weighted by molar-refractivity contribution is 8.14. The number of aromatic nitrogens is 2. The van der Waals surface area contributed by atoms with Gasteiger partial charge < -0.3 is 4.98 Å². The van der Waals surface area contributed by atoms with Crippen LogP contribution in [0.25, 0.3) is 11.0 Å². The summed E-state index contributed by atoms with van der Waals surface area (Å²) < 4.78 is 0. The van der Waals surface area contributed by atoms with Crippen LogP contribution in [0.5, 0.6) is 0 Å². The average molecular weight is 260 g/mol. The van der Waals surface area contributed by atoms with Crippen LogP contribution >= 0.6 is 11.8 Å². The first-order valence-electron chi connectivity index (χ1n) is 5.60. The minimum absolute atomic E-state index is 0.124. The van der Waals surface area contributed by atoms with Crippen molar-refractivity contribution >= 4 is 33.7 Å². The van der Waals surface area contributed by atoms with E-state index in [0.29, 0.717) is 5.75 Å². The number of nitrogens with one attached hydrogen (secondary N) is 2. The fourth-order valence-corrected chi connectivity index (χ4v) is 2.42. The van der Waals surface area contributed by atoms with Crippen LogP contribution in [0, 0.1) is 13.8 Å². The van der Waals surface area contributed by atoms with Gasteiger partial charge in [-0.05, 0) is 37.1 Å². The van der Waals surface area contributed by atoms with Gasteiger partial charge in [0, 0.05) is 0 Å². The molecule has 0 atom stereocenters. The fraction of sp³-hybridized carbons (Fsp3) is 0.250. The van der Waals surface area contributed by atoms with Crippen molar-refractivity contribution in [3.8, 4) is 0 Å². The second kappa shape index (κ2) is 4.13. The number of imidazole rings is 1. The summed E-state index contributed by atoms with van der Waals surface area (Å²) in [5.74, 6) is 1.27. The van der Waals surface area contributed by atoms with E-state index in [0.717, 1.165) is 22.6 Å². The van der Waals surface area contributed by atoms with E-state index in [-0.39, 0.29) is 5.24 Å². The Morgan fingerprint density at radius 3 is 2.78 bits per heavy atom. The molecule has 2 aromatic rings. The molecule has 1 aromatic heterocycles. The van der Waals surface area contributed by atoms with Gasteiger partial charge in [0.05, 0.1) is 16.8 Å². The standard InChI is InChI=1S/C12H12N4OS/c1-6-3-8-9(4-7(6)2)14-11(13-8)10-5-18-12(17)16-15-10/h3-4H,5H2,1-2H3,(H,13,14)(H,16,17). The third-order valence-corrected chi connectivity index (χ3v) is 3.76. The van der Waals surface area contributed by atoms with Crippen LogP contribution in [0.2, 0.25) is 0 Å². The second-order valence-corrected chi connectivity index (χ2v) is 5.23. The number of carbonyl (C=O) groups excluding carboxylic acids is 1. The Labute approximate surface area is 108 Å². The van der Waals surface area contributed by atoms with E-state index in [2.05, 4.69) is 46.5 Å². The fourth-order valence-electron chi connectivity index (χ4n) is 1.84. The summed E-state index contributed by atoms with van der Waals surface area (Å²) in [6.07, 6.45) is 0. The van der Waals surface area contributed by atoms with E-state index in [1.807, 2.05) is 0 Å². The van der Waals surface area contributed by atoms with Crippen molar-refractivity contribution in [2.24, 2.45) is 5.10 Å². The van der Waals surface area contributed by atoms with E-state index in [1.165, 1.54) is 22.9 Å². The van der Waals surface area contributed by atoms with Gasteiger partial charge in [-0.15, -0.1) is 0 Å². The lowest BCUT2D eigenvalue weighted by atomic mass is 10.1. The van der Waals surface area contributed by atoms with Crippen LogP contribution in [0.15, 0.2) is 17.2 Å². The maximum absolute atomic E-state index is 11.0. The van der Waals surface area contributed by atoms with Gasteiger partial charge in [0.2, 0.25) is 0 Å². The van der Waals surface area contributed by atoms with Gasteiger partial charge in [0.25, 0.3) is 5.24 Å². The number of thioether (sulfide) groups is 1. The van der Waals surface area contributed by atoms with Crippen molar-refractivity contribution in [1.29, 1.82) is 0 Å². The molecular weight excluding hydrogens is 248 g/mol. The molecule has 2 N–H and O–H groups in total. The number of rotatable bonds is 1. The maximum atomic E-state index is 11.0. The molecule has 92 valence electrons. The summed E-state index contributed by atoms with van der Waals surface area (Å²) in [6.45, 7) is 4.14. The van der Waals surface area contributed by atoms with Crippen LogP contribution in [-0.4, -0.2) is 26.7 Å². The highest BCUT2D eigenvalue weighted by Crippen LogP contribution is 2.19. The van der Waals surface area contributed by atoms with Gasteiger partial charge in [0.15, 0.2) is 5.82 Å². The first kappa shape index (κ1) is 11.3. The number of aromatic amines is 1. The Balaban J connectivity index is 2.06. The Morgan fingerprint density at radius 1 is 1.28 bits per heavy atom. The van der Waals surface area contributed by atoms with Crippen molar-refractivity contribution in [2.75, 3.05) is 5.75 Å². The molecule has 1 aliphatic rings. The third-order valence-electron chi connectivity index (χ3n) is 2.99. The molecule has 0 radical (unpaired) electrons. The summed E-state index contributed by atoms with van der Waals surface area (Å²) >= 11 is 1.20. The largest absolute Gasteiger partial charge is 0.337 e. The van der Waals surface area contributed by atoms with E-state index < -0.39 is 0 Å². The van der Waals surface area contributed by atoms with E-state index in [9.17, 15) is 4.79 Å². The first-order chi connectivity index (χ1) is 8.63. The van der Waals surface area contributed by atoms with Gasteiger partial charge in [-0.2, -0.15) is 5.10 Å². The number of nitrogens with zero attached hydrogens (tertiary/aromatic N) is 2. The van der Waals surface area contributed by atoms with Gasteiger partial charge in [-0.3, -0.25) is 4.79 Å². The molecule has 0 spiro atoms. The number of aryl methyl sites for hydroxylation is 2. The predicted octanol–water partition coefficient (Wildman–Crippen LogP) is 2.34. The van der Waals surface area contributed by atoms with Crippen molar-refractivity contribution in [2.45, 2.75) is 13.8 Å². The molecule has 0 aliphatic carbocycles.